The summed E-state index contributed by atoms with van der Waals surface area (Å²) in [5, 5.41) is 3.57. The second kappa shape index (κ2) is 10.5. The molecule has 30 heavy (non-hydrogen) atoms. The molecule has 0 aliphatic rings. The molecular weight excluding hydrogens is 396 g/mol. The van der Waals surface area contributed by atoms with Gasteiger partial charge in [-0.3, -0.25) is 14.2 Å². The highest BCUT2D eigenvalue weighted by Crippen LogP contribution is 2.19. The van der Waals surface area contributed by atoms with Gasteiger partial charge in [0, 0.05) is 18.8 Å². The summed E-state index contributed by atoms with van der Waals surface area (Å²) in [5.41, 5.74) is 3.30. The van der Waals surface area contributed by atoms with Crippen molar-refractivity contribution in [3.63, 3.8) is 0 Å². The standard InChI is InChI=1S/C23H30N4O2S/c1-16(2)11-13-27-22(29)21-19(14-17(3)25-21)26-23(27)30-15-20(28)24-12-7-10-18-8-5-4-6-9-18/h4-6,8-9,14,16,25H,7,10-13,15H2,1-3H3,(H,24,28). The first-order chi connectivity index (χ1) is 14.4. The lowest BCUT2D eigenvalue weighted by atomic mass is 10.1. The fourth-order valence-electron chi connectivity index (χ4n) is 3.25. The Kier molecular flexibility index (Phi) is 7.74. The molecule has 7 heteroatoms. The van der Waals surface area contributed by atoms with Crippen molar-refractivity contribution in [2.24, 2.45) is 5.92 Å². The number of nitrogens with zero attached hydrogens (tertiary/aromatic N) is 2. The maximum absolute atomic E-state index is 12.9. The number of benzene rings is 1. The zero-order valence-corrected chi connectivity index (χ0v) is 18.7. The van der Waals surface area contributed by atoms with E-state index in [1.165, 1.54) is 17.3 Å². The maximum atomic E-state index is 12.9. The van der Waals surface area contributed by atoms with Gasteiger partial charge in [-0.25, -0.2) is 4.98 Å². The number of carbonyl (C=O) groups is 1. The van der Waals surface area contributed by atoms with Crippen molar-refractivity contribution >= 4 is 28.7 Å². The van der Waals surface area contributed by atoms with Crippen molar-refractivity contribution in [1.29, 1.82) is 0 Å². The Hall–Kier alpha value is -2.54. The molecule has 2 aromatic heterocycles. The molecule has 0 aliphatic carbocycles. The second-order valence-corrected chi connectivity index (χ2v) is 8.92. The van der Waals surface area contributed by atoms with Crippen LogP contribution in [-0.2, 0) is 17.8 Å². The minimum Gasteiger partial charge on any atom is -0.355 e. The van der Waals surface area contributed by atoms with E-state index in [1.54, 1.807) is 4.57 Å². The van der Waals surface area contributed by atoms with Gasteiger partial charge in [0.1, 0.15) is 5.52 Å². The molecule has 0 bridgehead atoms. The van der Waals surface area contributed by atoms with Crippen molar-refractivity contribution in [1.82, 2.24) is 19.9 Å². The topological polar surface area (TPSA) is 79.8 Å². The number of aromatic amines is 1. The number of aryl methyl sites for hydroxylation is 2. The van der Waals surface area contributed by atoms with E-state index in [0.717, 1.165) is 25.0 Å². The minimum absolute atomic E-state index is 0.0388. The Morgan fingerprint density at radius 3 is 2.77 bits per heavy atom. The summed E-state index contributed by atoms with van der Waals surface area (Å²) in [5.74, 6) is 0.681. The molecule has 0 unspecified atom stereocenters. The third-order valence-corrected chi connectivity index (χ3v) is 5.88. The molecule has 2 heterocycles. The van der Waals surface area contributed by atoms with Crippen molar-refractivity contribution in [3.8, 4) is 0 Å². The lowest BCUT2D eigenvalue weighted by Crippen LogP contribution is -2.28. The molecular formula is C23H30N4O2S. The Balaban J connectivity index is 1.60. The normalized spacial score (nSPS) is 11.3. The lowest BCUT2D eigenvalue weighted by molar-refractivity contribution is -0.118. The van der Waals surface area contributed by atoms with Crippen LogP contribution in [0, 0.1) is 12.8 Å². The summed E-state index contributed by atoms with van der Waals surface area (Å²) in [6.45, 7) is 7.41. The van der Waals surface area contributed by atoms with Crippen LogP contribution >= 0.6 is 11.8 Å². The average molecular weight is 427 g/mol. The summed E-state index contributed by atoms with van der Waals surface area (Å²) in [4.78, 5) is 33.0. The highest BCUT2D eigenvalue weighted by Gasteiger charge is 2.15. The quantitative estimate of drug-likeness (QED) is 0.293. The van der Waals surface area contributed by atoms with Crippen molar-refractivity contribution < 1.29 is 4.79 Å². The zero-order valence-electron chi connectivity index (χ0n) is 17.9. The molecule has 3 rings (SSSR count). The van der Waals surface area contributed by atoms with Gasteiger partial charge < -0.3 is 10.3 Å². The summed E-state index contributed by atoms with van der Waals surface area (Å²) in [7, 11) is 0. The number of aromatic nitrogens is 3. The van der Waals surface area contributed by atoms with Crippen LogP contribution in [0.1, 0.15) is 37.9 Å². The van der Waals surface area contributed by atoms with Crippen LogP contribution in [0.25, 0.3) is 11.0 Å². The van der Waals surface area contributed by atoms with Gasteiger partial charge in [-0.05, 0) is 43.7 Å². The van der Waals surface area contributed by atoms with Gasteiger partial charge in [-0.15, -0.1) is 0 Å². The van der Waals surface area contributed by atoms with Crippen LogP contribution in [0.3, 0.4) is 0 Å². The smallest absolute Gasteiger partial charge is 0.278 e. The number of fused-ring (bicyclic) bond motifs is 1. The number of rotatable bonds is 10. The molecule has 2 N–H and O–H groups in total. The van der Waals surface area contributed by atoms with E-state index < -0.39 is 0 Å². The highest BCUT2D eigenvalue weighted by atomic mass is 32.2. The van der Waals surface area contributed by atoms with Crippen LogP contribution in [-0.4, -0.2) is 32.7 Å². The van der Waals surface area contributed by atoms with Crippen LogP contribution < -0.4 is 10.9 Å². The van der Waals surface area contributed by atoms with Gasteiger partial charge in [-0.2, -0.15) is 0 Å². The summed E-state index contributed by atoms with van der Waals surface area (Å²) in [6.07, 6.45) is 2.71. The van der Waals surface area contributed by atoms with Crippen molar-refractivity contribution in [3.05, 3.63) is 58.0 Å². The Morgan fingerprint density at radius 1 is 1.27 bits per heavy atom. The second-order valence-electron chi connectivity index (χ2n) is 7.97. The lowest BCUT2D eigenvalue weighted by Gasteiger charge is -2.13. The number of H-pyrrole nitrogens is 1. The van der Waals surface area contributed by atoms with Crippen molar-refractivity contribution in [2.75, 3.05) is 12.3 Å². The zero-order chi connectivity index (χ0) is 21.5. The van der Waals surface area contributed by atoms with E-state index in [-0.39, 0.29) is 17.2 Å². The molecule has 1 amide bonds. The van der Waals surface area contributed by atoms with E-state index >= 15 is 0 Å². The monoisotopic (exact) mass is 426 g/mol. The fraction of sp³-hybridized carbons (Fsp3) is 0.435. The molecule has 0 saturated heterocycles. The third kappa shape index (κ3) is 5.98. The maximum Gasteiger partial charge on any atom is 0.278 e. The number of amides is 1. The number of thioether (sulfide) groups is 1. The Labute approximate surface area is 181 Å². The van der Waals surface area contributed by atoms with Crippen LogP contribution in [0.2, 0.25) is 0 Å². The molecule has 0 atom stereocenters. The van der Waals surface area contributed by atoms with E-state index in [4.69, 9.17) is 0 Å². The molecule has 6 nitrogen and oxygen atoms in total. The molecule has 1 aromatic carbocycles. The van der Waals surface area contributed by atoms with Crippen LogP contribution in [0.15, 0.2) is 46.3 Å². The molecule has 0 aliphatic heterocycles. The van der Waals surface area contributed by atoms with Gasteiger partial charge in [0.25, 0.3) is 5.56 Å². The molecule has 0 fully saturated rings. The summed E-state index contributed by atoms with van der Waals surface area (Å²) < 4.78 is 1.70. The van der Waals surface area contributed by atoms with E-state index in [0.29, 0.717) is 35.2 Å². The van der Waals surface area contributed by atoms with Crippen LogP contribution in [0.5, 0.6) is 0 Å². The predicted molar refractivity (Wildman–Crippen MR) is 123 cm³/mol. The SMILES string of the molecule is Cc1cc2nc(SCC(=O)NCCCc3ccccc3)n(CCC(C)C)c(=O)c2[nH]1. The molecule has 0 spiro atoms. The van der Waals surface area contributed by atoms with Gasteiger partial charge >= 0.3 is 0 Å². The number of carbonyl (C=O) groups excluding carboxylic acids is 1. The number of hydrogen-bond donors (Lipinski definition) is 2. The Morgan fingerprint density at radius 2 is 2.03 bits per heavy atom. The average Bonchev–Trinajstić information content (AvgIpc) is 3.10. The van der Waals surface area contributed by atoms with Gasteiger partial charge in [0.15, 0.2) is 5.16 Å². The summed E-state index contributed by atoms with van der Waals surface area (Å²) >= 11 is 1.33. The number of hydrogen-bond acceptors (Lipinski definition) is 4. The molecule has 0 radical (unpaired) electrons. The van der Waals surface area contributed by atoms with Crippen molar-refractivity contribution in [2.45, 2.75) is 51.7 Å². The first-order valence-corrected chi connectivity index (χ1v) is 11.5. The van der Waals surface area contributed by atoms with E-state index in [2.05, 4.69) is 41.3 Å². The first kappa shape index (κ1) is 22.2. The molecule has 3 aromatic rings. The first-order valence-electron chi connectivity index (χ1n) is 10.5. The third-order valence-electron chi connectivity index (χ3n) is 4.91. The van der Waals surface area contributed by atoms with Gasteiger partial charge in [0.2, 0.25) is 5.91 Å². The molecule has 160 valence electrons. The fourth-order valence-corrected chi connectivity index (χ4v) is 4.11. The summed E-state index contributed by atoms with van der Waals surface area (Å²) in [6, 6.07) is 12.1. The van der Waals surface area contributed by atoms with Gasteiger partial charge in [0.05, 0.1) is 11.3 Å². The van der Waals surface area contributed by atoms with E-state index in [9.17, 15) is 9.59 Å². The minimum atomic E-state index is -0.0699. The van der Waals surface area contributed by atoms with Crippen LogP contribution in [0.4, 0.5) is 0 Å². The predicted octanol–water partition coefficient (Wildman–Crippen LogP) is 3.92. The highest BCUT2D eigenvalue weighted by molar-refractivity contribution is 7.99. The number of nitrogens with one attached hydrogen (secondary N) is 2. The van der Waals surface area contributed by atoms with Gasteiger partial charge in [-0.1, -0.05) is 55.9 Å². The largest absolute Gasteiger partial charge is 0.355 e. The Bertz CT molecular complexity index is 1040. The van der Waals surface area contributed by atoms with E-state index in [1.807, 2.05) is 31.2 Å². The molecule has 0 saturated carbocycles.